The number of carbonyl (C=O) groups excluding carboxylic acids is 1. The van der Waals surface area contributed by atoms with E-state index in [0.29, 0.717) is 0 Å². The minimum absolute atomic E-state index is 0.121. The van der Waals surface area contributed by atoms with Gasteiger partial charge in [0.05, 0.1) is 0 Å². The van der Waals surface area contributed by atoms with Gasteiger partial charge in [-0.05, 0) is 23.6 Å². The SMILES string of the molecule is CCc1ccc(/C=C/C(=O)NN(C)C)cc1. The third-order valence-corrected chi connectivity index (χ3v) is 2.15. The summed E-state index contributed by atoms with van der Waals surface area (Å²) >= 11 is 0. The first kappa shape index (κ1) is 12.5. The van der Waals surface area contributed by atoms with E-state index in [1.807, 2.05) is 12.1 Å². The lowest BCUT2D eigenvalue weighted by atomic mass is 10.1. The number of hydrogen-bond acceptors (Lipinski definition) is 2. The number of benzene rings is 1. The summed E-state index contributed by atoms with van der Waals surface area (Å²) in [6.45, 7) is 2.12. The van der Waals surface area contributed by atoms with Crippen molar-refractivity contribution < 1.29 is 4.79 Å². The van der Waals surface area contributed by atoms with Crippen LogP contribution in [0.5, 0.6) is 0 Å². The summed E-state index contributed by atoms with van der Waals surface area (Å²) in [4.78, 5) is 11.3. The third kappa shape index (κ3) is 4.28. The molecule has 0 heterocycles. The van der Waals surface area contributed by atoms with E-state index in [-0.39, 0.29) is 5.91 Å². The Morgan fingerprint density at radius 3 is 2.44 bits per heavy atom. The molecule has 1 amide bonds. The molecule has 0 spiro atoms. The highest BCUT2D eigenvalue weighted by Crippen LogP contribution is 2.06. The molecule has 1 rings (SSSR count). The zero-order chi connectivity index (χ0) is 12.0. The lowest BCUT2D eigenvalue weighted by Gasteiger charge is -2.08. The van der Waals surface area contributed by atoms with Crippen LogP contribution in [0.2, 0.25) is 0 Å². The lowest BCUT2D eigenvalue weighted by molar-refractivity contribution is -0.119. The molecule has 0 aliphatic carbocycles. The second kappa shape index (κ2) is 6.08. The van der Waals surface area contributed by atoms with Gasteiger partial charge in [-0.2, -0.15) is 0 Å². The second-order valence-corrected chi connectivity index (χ2v) is 3.80. The van der Waals surface area contributed by atoms with E-state index in [0.717, 1.165) is 12.0 Å². The van der Waals surface area contributed by atoms with Crippen LogP contribution in [0.1, 0.15) is 18.1 Å². The fourth-order valence-electron chi connectivity index (χ4n) is 1.29. The van der Waals surface area contributed by atoms with Crippen molar-refractivity contribution in [2.75, 3.05) is 14.1 Å². The summed E-state index contributed by atoms with van der Waals surface area (Å²) in [5.41, 5.74) is 4.98. The highest BCUT2D eigenvalue weighted by Gasteiger charge is 1.95. The molecule has 0 atom stereocenters. The van der Waals surface area contributed by atoms with Gasteiger partial charge in [0.1, 0.15) is 0 Å². The van der Waals surface area contributed by atoms with Crippen molar-refractivity contribution in [2.24, 2.45) is 0 Å². The number of nitrogens with one attached hydrogen (secondary N) is 1. The third-order valence-electron chi connectivity index (χ3n) is 2.15. The van der Waals surface area contributed by atoms with Gasteiger partial charge in [0, 0.05) is 20.2 Å². The molecule has 1 aromatic rings. The Morgan fingerprint density at radius 2 is 1.94 bits per heavy atom. The van der Waals surface area contributed by atoms with E-state index in [1.54, 1.807) is 25.2 Å². The van der Waals surface area contributed by atoms with Gasteiger partial charge in [-0.25, -0.2) is 5.01 Å². The Hall–Kier alpha value is -1.61. The molecule has 0 unspecified atom stereocenters. The monoisotopic (exact) mass is 218 g/mol. The van der Waals surface area contributed by atoms with Crippen LogP contribution >= 0.6 is 0 Å². The van der Waals surface area contributed by atoms with Gasteiger partial charge in [-0.1, -0.05) is 31.2 Å². The van der Waals surface area contributed by atoms with Crippen LogP contribution in [0.25, 0.3) is 6.08 Å². The van der Waals surface area contributed by atoms with Crippen molar-refractivity contribution in [3.8, 4) is 0 Å². The molecule has 86 valence electrons. The summed E-state index contributed by atoms with van der Waals surface area (Å²) in [7, 11) is 3.56. The average molecular weight is 218 g/mol. The number of nitrogens with zero attached hydrogens (tertiary/aromatic N) is 1. The first-order valence-corrected chi connectivity index (χ1v) is 5.36. The maximum atomic E-state index is 11.3. The lowest BCUT2D eigenvalue weighted by Crippen LogP contribution is -2.34. The first-order valence-electron chi connectivity index (χ1n) is 5.36. The zero-order valence-electron chi connectivity index (χ0n) is 10.0. The number of rotatable bonds is 4. The highest BCUT2D eigenvalue weighted by atomic mass is 16.2. The standard InChI is InChI=1S/C13H18N2O/c1-4-11-5-7-12(8-6-11)9-10-13(16)14-15(2)3/h5-10H,4H2,1-3H3,(H,14,16)/b10-9+. The van der Waals surface area contributed by atoms with Crippen molar-refractivity contribution in [1.82, 2.24) is 10.4 Å². The maximum absolute atomic E-state index is 11.3. The number of carbonyl (C=O) groups is 1. The van der Waals surface area contributed by atoms with E-state index in [9.17, 15) is 4.79 Å². The Balaban J connectivity index is 2.58. The van der Waals surface area contributed by atoms with Crippen LogP contribution in [0.3, 0.4) is 0 Å². The molecule has 0 bridgehead atoms. The van der Waals surface area contributed by atoms with E-state index >= 15 is 0 Å². The van der Waals surface area contributed by atoms with Crippen LogP contribution in [-0.4, -0.2) is 25.0 Å². The molecule has 3 nitrogen and oxygen atoms in total. The molecule has 1 aromatic carbocycles. The van der Waals surface area contributed by atoms with Crippen LogP contribution < -0.4 is 5.43 Å². The van der Waals surface area contributed by atoms with Gasteiger partial charge >= 0.3 is 0 Å². The molecule has 16 heavy (non-hydrogen) atoms. The summed E-state index contributed by atoms with van der Waals surface area (Å²) in [5.74, 6) is -0.121. The zero-order valence-corrected chi connectivity index (χ0v) is 10.0. The number of hydrazine groups is 1. The quantitative estimate of drug-likeness (QED) is 0.618. The maximum Gasteiger partial charge on any atom is 0.258 e. The van der Waals surface area contributed by atoms with Crippen LogP contribution in [0.15, 0.2) is 30.3 Å². The Morgan fingerprint density at radius 1 is 1.31 bits per heavy atom. The Kier molecular flexibility index (Phi) is 4.73. The predicted molar refractivity (Wildman–Crippen MR) is 66.7 cm³/mol. The van der Waals surface area contributed by atoms with Crippen LogP contribution in [0.4, 0.5) is 0 Å². The van der Waals surface area contributed by atoms with E-state index in [1.165, 1.54) is 11.6 Å². The van der Waals surface area contributed by atoms with Gasteiger partial charge in [-0.15, -0.1) is 0 Å². The second-order valence-electron chi connectivity index (χ2n) is 3.80. The molecule has 0 aromatic heterocycles. The molecule has 0 aliphatic heterocycles. The van der Waals surface area contributed by atoms with Crippen LogP contribution in [-0.2, 0) is 11.2 Å². The van der Waals surface area contributed by atoms with E-state index in [2.05, 4.69) is 24.5 Å². The summed E-state index contributed by atoms with van der Waals surface area (Å²) < 4.78 is 0. The molecule has 3 heteroatoms. The molecular weight excluding hydrogens is 200 g/mol. The van der Waals surface area contributed by atoms with Gasteiger partial charge in [0.2, 0.25) is 0 Å². The van der Waals surface area contributed by atoms with Crippen LogP contribution in [0, 0.1) is 0 Å². The van der Waals surface area contributed by atoms with E-state index in [4.69, 9.17) is 0 Å². The molecule has 0 fully saturated rings. The minimum Gasteiger partial charge on any atom is -0.286 e. The van der Waals surface area contributed by atoms with E-state index < -0.39 is 0 Å². The van der Waals surface area contributed by atoms with Crippen molar-refractivity contribution in [3.05, 3.63) is 41.5 Å². The summed E-state index contributed by atoms with van der Waals surface area (Å²) in [5, 5.41) is 1.62. The number of aryl methyl sites for hydroxylation is 1. The number of hydrogen-bond donors (Lipinski definition) is 1. The van der Waals surface area contributed by atoms with Gasteiger partial charge < -0.3 is 0 Å². The highest BCUT2D eigenvalue weighted by molar-refractivity contribution is 5.91. The van der Waals surface area contributed by atoms with Gasteiger partial charge in [0.25, 0.3) is 5.91 Å². The predicted octanol–water partition coefficient (Wildman–Crippen LogP) is 1.85. The molecular formula is C13H18N2O. The van der Waals surface area contributed by atoms with Gasteiger partial charge in [-0.3, -0.25) is 10.2 Å². The fourth-order valence-corrected chi connectivity index (χ4v) is 1.29. The van der Waals surface area contributed by atoms with Crippen molar-refractivity contribution in [3.63, 3.8) is 0 Å². The Labute approximate surface area is 96.7 Å². The van der Waals surface area contributed by atoms with Crippen molar-refractivity contribution in [2.45, 2.75) is 13.3 Å². The van der Waals surface area contributed by atoms with Gasteiger partial charge in [0.15, 0.2) is 0 Å². The normalized spacial score (nSPS) is 11.0. The summed E-state index contributed by atoms with van der Waals surface area (Å²) in [6.07, 6.45) is 4.37. The number of amides is 1. The van der Waals surface area contributed by atoms with Crippen molar-refractivity contribution >= 4 is 12.0 Å². The minimum atomic E-state index is -0.121. The molecule has 0 radical (unpaired) electrons. The average Bonchev–Trinajstić information content (AvgIpc) is 2.26. The van der Waals surface area contributed by atoms with Crippen molar-refractivity contribution in [1.29, 1.82) is 0 Å². The largest absolute Gasteiger partial charge is 0.286 e. The topological polar surface area (TPSA) is 32.3 Å². The smallest absolute Gasteiger partial charge is 0.258 e. The molecule has 0 saturated heterocycles. The summed E-state index contributed by atoms with van der Waals surface area (Å²) in [6, 6.07) is 8.17. The first-order chi connectivity index (χ1) is 7.61. The molecule has 1 N–H and O–H groups in total. The molecule has 0 saturated carbocycles. The fraction of sp³-hybridized carbons (Fsp3) is 0.308. The Bertz CT molecular complexity index is 366. The molecule has 0 aliphatic rings.